The molecule has 0 saturated heterocycles. The number of para-hydroxylation sites is 1. The molecule has 6 nitrogen and oxygen atoms in total. The number of hydrogen-bond acceptors (Lipinski definition) is 5. The summed E-state index contributed by atoms with van der Waals surface area (Å²) in [6, 6.07) is 7.85. The topological polar surface area (TPSA) is 61.4 Å². The van der Waals surface area contributed by atoms with Gasteiger partial charge in [-0.2, -0.15) is 0 Å². The van der Waals surface area contributed by atoms with Gasteiger partial charge >= 0.3 is 0 Å². The molecule has 4 heterocycles. The lowest BCUT2D eigenvalue weighted by atomic mass is 9.94. The van der Waals surface area contributed by atoms with Gasteiger partial charge in [0.2, 0.25) is 5.78 Å². The Morgan fingerprint density at radius 2 is 2.08 bits per heavy atom. The second-order valence-corrected chi connectivity index (χ2v) is 8.42. The highest BCUT2D eigenvalue weighted by Gasteiger charge is 2.31. The monoisotopic (exact) mass is 366 g/mol. The zero-order chi connectivity index (χ0) is 18.1. The molecule has 0 amide bonds. The van der Waals surface area contributed by atoms with E-state index in [9.17, 15) is 4.79 Å². The molecule has 0 fully saturated rings. The standard InChI is InChI=1S/C19H18N4O2S/c1-11-6-4-5-7-13(11)23-16(24)15-12-8-19(2,3)25-9-14(12)26-17(15)22-10-20-21-18(22)23/h4-7,10H,8-9H2,1-3H3. The third-order valence-corrected chi connectivity index (χ3v) is 6.20. The van der Waals surface area contributed by atoms with Crippen molar-refractivity contribution in [3.63, 3.8) is 0 Å². The molecule has 0 unspecified atom stereocenters. The number of fused-ring (bicyclic) bond motifs is 5. The fraction of sp³-hybridized carbons (Fsp3) is 0.316. The van der Waals surface area contributed by atoms with Gasteiger partial charge in [0.1, 0.15) is 11.2 Å². The first-order valence-corrected chi connectivity index (χ1v) is 9.37. The van der Waals surface area contributed by atoms with E-state index in [0.29, 0.717) is 12.4 Å². The van der Waals surface area contributed by atoms with Crippen LogP contribution in [0.4, 0.5) is 0 Å². The van der Waals surface area contributed by atoms with Gasteiger partial charge in [-0.15, -0.1) is 21.5 Å². The Balaban J connectivity index is 1.95. The summed E-state index contributed by atoms with van der Waals surface area (Å²) >= 11 is 1.60. The van der Waals surface area contributed by atoms with Crippen molar-refractivity contribution < 1.29 is 4.74 Å². The van der Waals surface area contributed by atoms with Crippen LogP contribution in [0.25, 0.3) is 21.7 Å². The Hall–Kier alpha value is -2.51. The Morgan fingerprint density at radius 3 is 2.88 bits per heavy atom. The summed E-state index contributed by atoms with van der Waals surface area (Å²) < 4.78 is 9.55. The first-order valence-electron chi connectivity index (χ1n) is 8.55. The number of hydrogen-bond donors (Lipinski definition) is 0. The molecule has 3 aromatic heterocycles. The molecule has 0 radical (unpaired) electrons. The van der Waals surface area contributed by atoms with Crippen LogP contribution in [0.3, 0.4) is 0 Å². The maximum atomic E-state index is 13.6. The highest BCUT2D eigenvalue weighted by molar-refractivity contribution is 7.18. The summed E-state index contributed by atoms with van der Waals surface area (Å²) in [6.07, 6.45) is 2.40. The van der Waals surface area contributed by atoms with Gasteiger partial charge in [-0.1, -0.05) is 18.2 Å². The first kappa shape index (κ1) is 15.7. The molecule has 1 aliphatic heterocycles. The zero-order valence-corrected chi connectivity index (χ0v) is 15.6. The van der Waals surface area contributed by atoms with Crippen LogP contribution < -0.4 is 5.56 Å². The van der Waals surface area contributed by atoms with Crippen LogP contribution in [0.5, 0.6) is 0 Å². The SMILES string of the molecule is Cc1ccccc1-n1c(=O)c2c3c(sc2n2cnnc12)COC(C)(C)C3. The number of thiophene rings is 1. The van der Waals surface area contributed by atoms with Gasteiger partial charge in [0.15, 0.2) is 0 Å². The molecular weight excluding hydrogens is 348 g/mol. The molecule has 0 atom stereocenters. The maximum absolute atomic E-state index is 13.6. The molecule has 1 aliphatic rings. The summed E-state index contributed by atoms with van der Waals surface area (Å²) in [6.45, 7) is 6.67. The van der Waals surface area contributed by atoms with E-state index in [1.54, 1.807) is 22.2 Å². The predicted octanol–water partition coefficient (Wildman–Crippen LogP) is 3.25. The third-order valence-electron chi connectivity index (χ3n) is 4.99. The molecule has 0 saturated carbocycles. The number of rotatable bonds is 1. The molecule has 0 bridgehead atoms. The maximum Gasteiger partial charge on any atom is 0.268 e. The van der Waals surface area contributed by atoms with Crippen molar-refractivity contribution in [2.24, 2.45) is 0 Å². The Morgan fingerprint density at radius 1 is 1.27 bits per heavy atom. The van der Waals surface area contributed by atoms with Crippen LogP contribution in [-0.2, 0) is 17.8 Å². The van der Waals surface area contributed by atoms with Gasteiger partial charge < -0.3 is 4.74 Å². The van der Waals surface area contributed by atoms with Crippen molar-refractivity contribution in [1.29, 1.82) is 0 Å². The second kappa shape index (κ2) is 5.25. The minimum atomic E-state index is -0.275. The van der Waals surface area contributed by atoms with Crippen LogP contribution in [0.1, 0.15) is 29.9 Å². The quantitative estimate of drug-likeness (QED) is 0.519. The first-order chi connectivity index (χ1) is 12.5. The average molecular weight is 366 g/mol. The van der Waals surface area contributed by atoms with Crippen LogP contribution in [-0.4, -0.2) is 24.8 Å². The van der Waals surface area contributed by atoms with Gasteiger partial charge in [-0.25, -0.2) is 4.57 Å². The molecule has 4 aromatic rings. The van der Waals surface area contributed by atoms with E-state index in [-0.39, 0.29) is 11.2 Å². The molecule has 0 aliphatic carbocycles. The molecule has 5 rings (SSSR count). The summed E-state index contributed by atoms with van der Waals surface area (Å²) in [5.41, 5.74) is 2.65. The Kier molecular flexibility index (Phi) is 3.17. The largest absolute Gasteiger partial charge is 0.370 e. The summed E-state index contributed by atoms with van der Waals surface area (Å²) in [5, 5.41) is 9.07. The molecule has 0 N–H and O–H groups in total. The van der Waals surface area contributed by atoms with Crippen LogP contribution in [0.2, 0.25) is 0 Å². The van der Waals surface area contributed by atoms with E-state index in [1.807, 2.05) is 35.6 Å². The predicted molar refractivity (Wildman–Crippen MR) is 101 cm³/mol. The van der Waals surface area contributed by atoms with Gasteiger partial charge in [-0.05, 0) is 38.0 Å². The molecule has 7 heteroatoms. The van der Waals surface area contributed by atoms with Crippen LogP contribution >= 0.6 is 11.3 Å². The normalized spacial score (nSPS) is 16.3. The fourth-order valence-electron chi connectivity index (χ4n) is 3.69. The van der Waals surface area contributed by atoms with E-state index in [0.717, 1.165) is 38.3 Å². The van der Waals surface area contributed by atoms with Crippen LogP contribution in [0, 0.1) is 6.92 Å². The van der Waals surface area contributed by atoms with E-state index < -0.39 is 0 Å². The van der Waals surface area contributed by atoms with Crippen molar-refractivity contribution in [1.82, 2.24) is 19.2 Å². The van der Waals surface area contributed by atoms with E-state index >= 15 is 0 Å². The zero-order valence-electron chi connectivity index (χ0n) is 14.8. The van der Waals surface area contributed by atoms with Crippen molar-refractivity contribution in [3.8, 4) is 5.69 Å². The molecule has 0 spiro atoms. The minimum Gasteiger partial charge on any atom is -0.370 e. The average Bonchev–Trinajstić information content (AvgIpc) is 3.20. The Bertz CT molecular complexity index is 1230. The summed E-state index contributed by atoms with van der Waals surface area (Å²) in [7, 11) is 0. The highest BCUT2D eigenvalue weighted by Crippen LogP contribution is 2.38. The smallest absolute Gasteiger partial charge is 0.268 e. The van der Waals surface area contributed by atoms with E-state index in [4.69, 9.17) is 4.74 Å². The number of aryl methyl sites for hydroxylation is 1. The van der Waals surface area contributed by atoms with Gasteiger partial charge in [-0.3, -0.25) is 9.20 Å². The van der Waals surface area contributed by atoms with Crippen molar-refractivity contribution in [2.75, 3.05) is 0 Å². The number of ether oxygens (including phenoxy) is 1. The summed E-state index contributed by atoms with van der Waals surface area (Å²) in [5.74, 6) is 0.538. The number of benzene rings is 1. The van der Waals surface area contributed by atoms with E-state index in [1.165, 1.54) is 0 Å². The van der Waals surface area contributed by atoms with Gasteiger partial charge in [0, 0.05) is 11.3 Å². The fourth-order valence-corrected chi connectivity index (χ4v) is 4.88. The van der Waals surface area contributed by atoms with Gasteiger partial charge in [0.25, 0.3) is 5.56 Å². The number of nitrogens with zero attached hydrogens (tertiary/aromatic N) is 4. The molecule has 26 heavy (non-hydrogen) atoms. The second-order valence-electron chi connectivity index (χ2n) is 7.34. The van der Waals surface area contributed by atoms with Crippen molar-refractivity contribution in [3.05, 3.63) is 57.0 Å². The van der Waals surface area contributed by atoms with E-state index in [2.05, 4.69) is 24.0 Å². The summed E-state index contributed by atoms with van der Waals surface area (Å²) in [4.78, 5) is 15.6. The van der Waals surface area contributed by atoms with Crippen molar-refractivity contribution >= 4 is 27.3 Å². The number of aromatic nitrogens is 4. The molecular formula is C19H18N4O2S. The lowest BCUT2D eigenvalue weighted by Crippen LogP contribution is -2.32. The van der Waals surface area contributed by atoms with Crippen molar-refractivity contribution in [2.45, 2.75) is 39.4 Å². The highest BCUT2D eigenvalue weighted by atomic mass is 32.1. The molecule has 132 valence electrons. The minimum absolute atomic E-state index is 0.0370. The molecule has 1 aromatic carbocycles. The Labute approximate surface area is 153 Å². The lowest BCUT2D eigenvalue weighted by Gasteiger charge is -2.29. The van der Waals surface area contributed by atoms with Gasteiger partial charge in [0.05, 0.1) is 23.3 Å². The lowest BCUT2D eigenvalue weighted by molar-refractivity contribution is -0.0379. The third kappa shape index (κ3) is 2.10. The van der Waals surface area contributed by atoms with Crippen LogP contribution in [0.15, 0.2) is 35.4 Å².